The average Bonchev–Trinajstić information content (AvgIpc) is 2.68. The molecule has 2 aliphatic heterocycles. The third-order valence-corrected chi connectivity index (χ3v) is 7.31. The molecule has 8 nitrogen and oxygen atoms in total. The van der Waals surface area contributed by atoms with E-state index in [2.05, 4.69) is 0 Å². The Hall–Kier alpha value is -2.34. The number of hydrogen-bond acceptors (Lipinski definition) is 5. The van der Waals surface area contributed by atoms with E-state index in [0.717, 1.165) is 21.3 Å². The summed E-state index contributed by atoms with van der Waals surface area (Å²) in [5, 5.41) is -1.39. The first-order valence-corrected chi connectivity index (χ1v) is 10.4. The van der Waals surface area contributed by atoms with Gasteiger partial charge in [-0.25, -0.2) is 13.2 Å². The number of rotatable bonds is 3. The standard InChI is InChI=1S/C17H21F3N4O4S/c1-21-11-14(15(25)22(2)16(21)26)29(27,28)24-8-6-23(7-9-24)13-5-3-4-12(10-13)17(18,19)20/h3-5,10,14H,6-9,11H2,1-2H3. The highest BCUT2D eigenvalue weighted by molar-refractivity contribution is 7.90. The first kappa shape index (κ1) is 21.4. The number of amides is 3. The molecule has 2 aliphatic rings. The van der Waals surface area contributed by atoms with Crippen LogP contribution >= 0.6 is 0 Å². The Morgan fingerprint density at radius 2 is 1.66 bits per heavy atom. The topological polar surface area (TPSA) is 81.2 Å². The Morgan fingerprint density at radius 3 is 2.24 bits per heavy atom. The van der Waals surface area contributed by atoms with Crippen LogP contribution in [0.5, 0.6) is 0 Å². The Balaban J connectivity index is 1.72. The van der Waals surface area contributed by atoms with Crippen molar-refractivity contribution in [3.8, 4) is 0 Å². The number of piperazine rings is 1. The molecule has 2 heterocycles. The molecule has 3 rings (SSSR count). The minimum Gasteiger partial charge on any atom is -0.369 e. The number of carbonyl (C=O) groups excluding carboxylic acids is 2. The van der Waals surface area contributed by atoms with E-state index in [1.54, 1.807) is 11.0 Å². The smallest absolute Gasteiger partial charge is 0.369 e. The van der Waals surface area contributed by atoms with Gasteiger partial charge < -0.3 is 9.80 Å². The molecule has 0 aromatic heterocycles. The predicted octanol–water partition coefficient (Wildman–Crippen LogP) is 1.05. The number of hydrogen-bond donors (Lipinski definition) is 0. The number of urea groups is 1. The minimum atomic E-state index is -4.46. The van der Waals surface area contributed by atoms with Gasteiger partial charge in [0.2, 0.25) is 10.0 Å². The van der Waals surface area contributed by atoms with E-state index in [-0.39, 0.29) is 32.7 Å². The molecule has 0 N–H and O–H groups in total. The van der Waals surface area contributed by atoms with Crippen molar-refractivity contribution >= 4 is 27.6 Å². The Labute approximate surface area is 166 Å². The van der Waals surface area contributed by atoms with E-state index in [0.29, 0.717) is 5.69 Å². The molecular formula is C17H21F3N4O4S. The molecule has 3 amide bonds. The highest BCUT2D eigenvalue weighted by Gasteiger charge is 2.46. The van der Waals surface area contributed by atoms with Crippen molar-refractivity contribution in [2.45, 2.75) is 11.4 Å². The second-order valence-corrected chi connectivity index (χ2v) is 9.14. The highest BCUT2D eigenvalue weighted by Crippen LogP contribution is 2.32. The van der Waals surface area contributed by atoms with Crippen molar-refractivity contribution < 1.29 is 31.2 Å². The van der Waals surface area contributed by atoms with E-state index < -0.39 is 39.0 Å². The summed E-state index contributed by atoms with van der Waals surface area (Å²) in [5.41, 5.74) is -0.413. The van der Waals surface area contributed by atoms with Gasteiger partial charge in [0.05, 0.1) is 5.56 Å². The third kappa shape index (κ3) is 4.04. The van der Waals surface area contributed by atoms with Crippen LogP contribution in [0.25, 0.3) is 0 Å². The fourth-order valence-electron chi connectivity index (χ4n) is 3.45. The monoisotopic (exact) mass is 434 g/mol. The third-order valence-electron chi connectivity index (χ3n) is 5.16. The summed E-state index contributed by atoms with van der Waals surface area (Å²) in [6.07, 6.45) is -4.46. The molecule has 1 unspecified atom stereocenters. The molecule has 0 saturated carbocycles. The molecule has 0 bridgehead atoms. The van der Waals surface area contributed by atoms with Gasteiger partial charge in [-0.3, -0.25) is 9.69 Å². The molecule has 2 saturated heterocycles. The van der Waals surface area contributed by atoms with Crippen molar-refractivity contribution in [1.82, 2.24) is 14.1 Å². The molecule has 160 valence electrons. The Morgan fingerprint density at radius 1 is 1.03 bits per heavy atom. The second-order valence-electron chi connectivity index (χ2n) is 7.03. The molecule has 29 heavy (non-hydrogen) atoms. The number of halogens is 3. The fraction of sp³-hybridized carbons (Fsp3) is 0.529. The lowest BCUT2D eigenvalue weighted by Crippen LogP contribution is -2.62. The lowest BCUT2D eigenvalue weighted by molar-refractivity contribution is -0.137. The van der Waals surface area contributed by atoms with Crippen LogP contribution in [0.4, 0.5) is 23.7 Å². The van der Waals surface area contributed by atoms with Gasteiger partial charge in [0.15, 0.2) is 5.25 Å². The zero-order valence-corrected chi connectivity index (χ0v) is 16.7. The zero-order valence-electron chi connectivity index (χ0n) is 15.9. The number of alkyl halides is 3. The predicted molar refractivity (Wildman–Crippen MR) is 98.7 cm³/mol. The van der Waals surface area contributed by atoms with Crippen molar-refractivity contribution in [3.05, 3.63) is 29.8 Å². The molecule has 0 aliphatic carbocycles. The van der Waals surface area contributed by atoms with Crippen LogP contribution < -0.4 is 4.90 Å². The van der Waals surface area contributed by atoms with Crippen LogP contribution in [0.3, 0.4) is 0 Å². The Bertz CT molecular complexity index is 913. The fourth-order valence-corrected chi connectivity index (χ4v) is 5.31. The number of imide groups is 1. The van der Waals surface area contributed by atoms with Gasteiger partial charge >= 0.3 is 12.2 Å². The summed E-state index contributed by atoms with van der Waals surface area (Å²) in [7, 11) is -1.37. The largest absolute Gasteiger partial charge is 0.416 e. The van der Waals surface area contributed by atoms with Crippen LogP contribution in [0.15, 0.2) is 24.3 Å². The number of anilines is 1. The molecule has 12 heteroatoms. The van der Waals surface area contributed by atoms with Gasteiger partial charge in [0.1, 0.15) is 0 Å². The maximum Gasteiger partial charge on any atom is 0.416 e. The minimum absolute atomic E-state index is 0.0315. The first-order chi connectivity index (χ1) is 13.4. The zero-order chi connectivity index (χ0) is 21.6. The van der Waals surface area contributed by atoms with Crippen molar-refractivity contribution in [1.29, 1.82) is 0 Å². The summed E-state index contributed by atoms with van der Waals surface area (Å²) < 4.78 is 65.8. The lowest BCUT2D eigenvalue weighted by atomic mass is 10.1. The number of benzene rings is 1. The highest BCUT2D eigenvalue weighted by atomic mass is 32.2. The summed E-state index contributed by atoms with van der Waals surface area (Å²) >= 11 is 0. The molecule has 0 spiro atoms. The molecule has 1 aromatic carbocycles. The van der Waals surface area contributed by atoms with Crippen LogP contribution in [-0.4, -0.2) is 86.5 Å². The quantitative estimate of drug-likeness (QED) is 0.711. The normalized spacial score (nSPS) is 22.4. The number of carbonyl (C=O) groups is 2. The summed E-state index contributed by atoms with van der Waals surface area (Å²) in [6, 6.07) is 4.29. The van der Waals surface area contributed by atoms with Crippen LogP contribution in [-0.2, 0) is 21.0 Å². The number of nitrogens with zero attached hydrogens (tertiary/aromatic N) is 4. The summed E-state index contributed by atoms with van der Waals surface area (Å²) in [5.74, 6) is -0.784. The lowest BCUT2D eigenvalue weighted by Gasteiger charge is -2.39. The molecule has 1 aromatic rings. The average molecular weight is 434 g/mol. The van der Waals surface area contributed by atoms with Gasteiger partial charge in [-0.2, -0.15) is 17.5 Å². The van der Waals surface area contributed by atoms with Crippen LogP contribution in [0.2, 0.25) is 0 Å². The molecule has 1 atom stereocenters. The molecular weight excluding hydrogens is 413 g/mol. The Kier molecular flexibility index (Phi) is 5.52. The van der Waals surface area contributed by atoms with Gasteiger partial charge in [0.25, 0.3) is 5.91 Å². The van der Waals surface area contributed by atoms with E-state index >= 15 is 0 Å². The maximum absolute atomic E-state index is 13.0. The van der Waals surface area contributed by atoms with E-state index in [4.69, 9.17) is 0 Å². The molecule has 0 radical (unpaired) electrons. The summed E-state index contributed by atoms with van der Waals surface area (Å²) in [6.45, 7) is 0.198. The van der Waals surface area contributed by atoms with Crippen molar-refractivity contribution in [3.63, 3.8) is 0 Å². The van der Waals surface area contributed by atoms with E-state index in [1.165, 1.54) is 25.1 Å². The van der Waals surface area contributed by atoms with Gasteiger partial charge in [-0.1, -0.05) is 6.07 Å². The first-order valence-electron chi connectivity index (χ1n) is 8.87. The van der Waals surface area contributed by atoms with Crippen molar-refractivity contribution in [2.24, 2.45) is 0 Å². The van der Waals surface area contributed by atoms with Crippen molar-refractivity contribution in [2.75, 3.05) is 51.7 Å². The van der Waals surface area contributed by atoms with Gasteiger partial charge in [-0.05, 0) is 18.2 Å². The van der Waals surface area contributed by atoms with E-state index in [1.807, 2.05) is 0 Å². The van der Waals surface area contributed by atoms with Crippen LogP contribution in [0, 0.1) is 0 Å². The van der Waals surface area contributed by atoms with E-state index in [9.17, 15) is 31.2 Å². The van der Waals surface area contributed by atoms with Gasteiger partial charge in [-0.15, -0.1) is 0 Å². The summed E-state index contributed by atoms with van der Waals surface area (Å²) in [4.78, 5) is 27.8. The second kappa shape index (κ2) is 7.48. The molecule has 2 fully saturated rings. The maximum atomic E-state index is 13.0. The van der Waals surface area contributed by atoms with Crippen LogP contribution in [0.1, 0.15) is 5.56 Å². The van der Waals surface area contributed by atoms with Gasteiger partial charge in [0, 0.05) is 52.5 Å². The number of sulfonamides is 1. The SMILES string of the molecule is CN1CC(S(=O)(=O)N2CCN(c3cccc(C(F)(F)F)c3)CC2)C(=O)N(C)C1=O.